The predicted octanol–water partition coefficient (Wildman–Crippen LogP) is 3.88. The van der Waals surface area contributed by atoms with E-state index in [9.17, 15) is 9.90 Å². The Morgan fingerprint density at radius 2 is 1.50 bits per heavy atom. The number of benzene rings is 3. The molecule has 0 aliphatic carbocycles. The van der Waals surface area contributed by atoms with E-state index in [1.165, 1.54) is 0 Å². The van der Waals surface area contributed by atoms with E-state index in [0.717, 1.165) is 16.8 Å². The zero-order chi connectivity index (χ0) is 16.6. The van der Waals surface area contributed by atoms with Crippen molar-refractivity contribution in [2.75, 3.05) is 5.32 Å². The number of rotatable bonds is 3. The highest BCUT2D eigenvalue weighted by atomic mass is 16.6. The van der Waals surface area contributed by atoms with E-state index in [1.807, 2.05) is 48.5 Å². The molecule has 2 N–H and O–H groups in total. The number of carbonyl (C=O) groups is 1. The monoisotopic (exact) mass is 317 g/mol. The Morgan fingerprint density at radius 1 is 0.833 bits per heavy atom. The van der Waals surface area contributed by atoms with Crippen molar-refractivity contribution in [3.05, 3.63) is 95.6 Å². The van der Waals surface area contributed by atoms with Crippen LogP contribution >= 0.6 is 0 Å². The molecule has 1 heterocycles. The fourth-order valence-corrected chi connectivity index (χ4v) is 3.02. The lowest BCUT2D eigenvalue weighted by Gasteiger charge is -2.31. The SMILES string of the molecule is O=C1O[C@](Nc2ccc(O)cc2)(c2ccccc2)c2ccccc21. The van der Waals surface area contributed by atoms with E-state index in [2.05, 4.69) is 5.32 Å². The maximum absolute atomic E-state index is 12.4. The van der Waals surface area contributed by atoms with Crippen molar-refractivity contribution in [3.63, 3.8) is 0 Å². The summed E-state index contributed by atoms with van der Waals surface area (Å²) in [5, 5.41) is 12.8. The summed E-state index contributed by atoms with van der Waals surface area (Å²) in [6.07, 6.45) is 0. The molecule has 0 unspecified atom stereocenters. The lowest BCUT2D eigenvalue weighted by Crippen LogP contribution is -2.36. The topological polar surface area (TPSA) is 58.6 Å². The van der Waals surface area contributed by atoms with Crippen LogP contribution in [0.2, 0.25) is 0 Å². The van der Waals surface area contributed by atoms with Crippen LogP contribution in [0.15, 0.2) is 78.9 Å². The Bertz CT molecular complexity index is 890. The lowest BCUT2D eigenvalue weighted by molar-refractivity contribution is 0.0212. The second-order valence-electron chi connectivity index (χ2n) is 5.65. The Morgan fingerprint density at radius 3 is 2.25 bits per heavy atom. The second kappa shape index (κ2) is 5.42. The van der Waals surface area contributed by atoms with Gasteiger partial charge in [0.1, 0.15) is 5.75 Å². The van der Waals surface area contributed by atoms with Gasteiger partial charge in [-0.3, -0.25) is 0 Å². The minimum Gasteiger partial charge on any atom is -0.508 e. The molecule has 1 aliphatic heterocycles. The Labute approximate surface area is 139 Å². The first-order chi connectivity index (χ1) is 11.7. The highest BCUT2D eigenvalue weighted by Crippen LogP contribution is 2.42. The summed E-state index contributed by atoms with van der Waals surface area (Å²) in [4.78, 5) is 12.4. The first-order valence-electron chi connectivity index (χ1n) is 7.65. The van der Waals surface area contributed by atoms with E-state index in [4.69, 9.17) is 4.74 Å². The van der Waals surface area contributed by atoms with E-state index < -0.39 is 5.72 Å². The van der Waals surface area contributed by atoms with Crippen LogP contribution in [0.4, 0.5) is 5.69 Å². The third-order valence-electron chi connectivity index (χ3n) is 4.14. The fraction of sp³-hybridized carbons (Fsp3) is 0.0500. The van der Waals surface area contributed by atoms with Crippen molar-refractivity contribution in [1.29, 1.82) is 0 Å². The molecule has 24 heavy (non-hydrogen) atoms. The molecule has 0 saturated heterocycles. The van der Waals surface area contributed by atoms with Gasteiger partial charge in [0.05, 0.1) is 5.56 Å². The summed E-state index contributed by atoms with van der Waals surface area (Å²) >= 11 is 0. The molecule has 0 bridgehead atoms. The van der Waals surface area contributed by atoms with Gasteiger partial charge >= 0.3 is 5.97 Å². The number of fused-ring (bicyclic) bond motifs is 1. The number of hydrogen-bond donors (Lipinski definition) is 2. The van der Waals surface area contributed by atoms with Crippen LogP contribution in [-0.4, -0.2) is 11.1 Å². The van der Waals surface area contributed by atoms with Crippen LogP contribution < -0.4 is 5.32 Å². The van der Waals surface area contributed by atoms with Gasteiger partial charge < -0.3 is 15.2 Å². The molecule has 4 heteroatoms. The van der Waals surface area contributed by atoms with Gasteiger partial charge in [-0.25, -0.2) is 4.79 Å². The average Bonchev–Trinajstić information content (AvgIpc) is 2.91. The summed E-state index contributed by atoms with van der Waals surface area (Å²) in [6, 6.07) is 23.6. The quantitative estimate of drug-likeness (QED) is 0.568. The largest absolute Gasteiger partial charge is 0.508 e. The summed E-state index contributed by atoms with van der Waals surface area (Å²) in [6.45, 7) is 0. The molecule has 0 spiro atoms. The average molecular weight is 317 g/mol. The van der Waals surface area contributed by atoms with E-state index in [0.29, 0.717) is 5.56 Å². The first kappa shape index (κ1) is 14.3. The molecule has 4 rings (SSSR count). The number of phenolic OH excluding ortho intramolecular Hbond substituents is 1. The Hall–Kier alpha value is -3.27. The first-order valence-corrected chi connectivity index (χ1v) is 7.65. The minimum atomic E-state index is -1.09. The lowest BCUT2D eigenvalue weighted by atomic mass is 9.92. The Balaban J connectivity index is 1.89. The minimum absolute atomic E-state index is 0.179. The number of aromatic hydroxyl groups is 1. The number of carbonyl (C=O) groups excluding carboxylic acids is 1. The predicted molar refractivity (Wildman–Crippen MR) is 90.8 cm³/mol. The molecule has 1 aliphatic rings. The maximum Gasteiger partial charge on any atom is 0.341 e. The van der Waals surface area contributed by atoms with Crippen molar-refractivity contribution in [2.45, 2.75) is 5.72 Å². The molecule has 0 radical (unpaired) electrons. The molecule has 3 aromatic carbocycles. The van der Waals surface area contributed by atoms with E-state index >= 15 is 0 Å². The van der Waals surface area contributed by atoms with Crippen LogP contribution in [0.1, 0.15) is 21.5 Å². The van der Waals surface area contributed by atoms with Crippen molar-refractivity contribution in [2.24, 2.45) is 0 Å². The van der Waals surface area contributed by atoms with Gasteiger partial charge in [-0.2, -0.15) is 0 Å². The maximum atomic E-state index is 12.4. The molecule has 4 nitrogen and oxygen atoms in total. The molecule has 0 fully saturated rings. The molecule has 0 amide bonds. The molecule has 1 atom stereocenters. The van der Waals surface area contributed by atoms with Crippen LogP contribution in [-0.2, 0) is 10.5 Å². The van der Waals surface area contributed by atoms with Crippen LogP contribution in [0, 0.1) is 0 Å². The van der Waals surface area contributed by atoms with Crippen molar-refractivity contribution in [1.82, 2.24) is 0 Å². The molecule has 118 valence electrons. The van der Waals surface area contributed by atoms with Gasteiger partial charge in [-0.15, -0.1) is 0 Å². The van der Waals surface area contributed by atoms with Gasteiger partial charge in [0.25, 0.3) is 0 Å². The number of phenols is 1. The van der Waals surface area contributed by atoms with Gasteiger partial charge in [-0.1, -0.05) is 48.5 Å². The number of nitrogens with one attached hydrogen (secondary N) is 1. The van der Waals surface area contributed by atoms with Gasteiger partial charge in [-0.05, 0) is 30.3 Å². The highest BCUT2D eigenvalue weighted by molar-refractivity contribution is 5.96. The van der Waals surface area contributed by atoms with Crippen molar-refractivity contribution in [3.8, 4) is 5.75 Å². The number of anilines is 1. The molecule has 3 aromatic rings. The highest BCUT2D eigenvalue weighted by Gasteiger charge is 2.47. The fourth-order valence-electron chi connectivity index (χ4n) is 3.02. The number of ether oxygens (including phenoxy) is 1. The van der Waals surface area contributed by atoms with Crippen LogP contribution in [0.5, 0.6) is 5.75 Å². The number of esters is 1. The summed E-state index contributed by atoms with van der Waals surface area (Å²) in [5.41, 5.74) is 1.80. The third kappa shape index (κ3) is 2.20. The van der Waals surface area contributed by atoms with Gasteiger partial charge in [0.15, 0.2) is 0 Å². The van der Waals surface area contributed by atoms with E-state index in [-0.39, 0.29) is 11.7 Å². The third-order valence-corrected chi connectivity index (χ3v) is 4.14. The summed E-state index contributed by atoms with van der Waals surface area (Å²) in [5.74, 6) is -0.182. The number of hydrogen-bond acceptors (Lipinski definition) is 4. The molecular weight excluding hydrogens is 302 g/mol. The summed E-state index contributed by atoms with van der Waals surface area (Å²) < 4.78 is 5.83. The number of cyclic esters (lactones) is 1. The van der Waals surface area contributed by atoms with Crippen LogP contribution in [0.25, 0.3) is 0 Å². The molecule has 0 saturated carbocycles. The zero-order valence-electron chi connectivity index (χ0n) is 12.8. The van der Waals surface area contributed by atoms with Crippen LogP contribution in [0.3, 0.4) is 0 Å². The standard InChI is InChI=1S/C20H15NO3/c22-16-12-10-15(11-13-16)21-20(14-6-2-1-3-7-14)18-9-5-4-8-17(18)19(23)24-20/h1-13,21-22H/t20-/m1/s1. The van der Waals surface area contributed by atoms with Gasteiger partial charge in [0.2, 0.25) is 5.72 Å². The molecule has 0 aromatic heterocycles. The second-order valence-corrected chi connectivity index (χ2v) is 5.65. The zero-order valence-corrected chi connectivity index (χ0v) is 12.8. The van der Waals surface area contributed by atoms with Crippen molar-refractivity contribution < 1.29 is 14.6 Å². The van der Waals surface area contributed by atoms with Gasteiger partial charge in [0, 0.05) is 16.8 Å². The Kier molecular flexibility index (Phi) is 3.24. The van der Waals surface area contributed by atoms with E-state index in [1.54, 1.807) is 30.3 Å². The smallest absolute Gasteiger partial charge is 0.341 e. The van der Waals surface area contributed by atoms with Crippen molar-refractivity contribution >= 4 is 11.7 Å². The normalized spacial score (nSPS) is 18.8. The summed E-state index contributed by atoms with van der Waals surface area (Å²) in [7, 11) is 0. The molecular formula is C20H15NO3.